The fourth-order valence-electron chi connectivity index (χ4n) is 3.36. The Labute approximate surface area is 159 Å². The zero-order valence-corrected chi connectivity index (χ0v) is 15.9. The summed E-state index contributed by atoms with van der Waals surface area (Å²) in [5.41, 5.74) is 2.24. The monoisotopic (exact) mass is 414 g/mol. The molecule has 1 fully saturated rings. The molecule has 134 valence electrons. The molecule has 1 saturated heterocycles. The number of hydrogen-bond acceptors (Lipinski definition) is 4. The van der Waals surface area contributed by atoms with E-state index in [0.717, 1.165) is 24.4 Å². The Kier molecular flexibility index (Phi) is 4.55. The van der Waals surface area contributed by atoms with E-state index >= 15 is 0 Å². The number of pyridine rings is 1. The lowest BCUT2D eigenvalue weighted by molar-refractivity contribution is 0.0736. The molecule has 26 heavy (non-hydrogen) atoms. The van der Waals surface area contributed by atoms with Gasteiger partial charge in [0.25, 0.3) is 5.91 Å². The van der Waals surface area contributed by atoms with Gasteiger partial charge in [0.05, 0.1) is 5.52 Å². The molecule has 0 N–H and O–H groups in total. The highest BCUT2D eigenvalue weighted by molar-refractivity contribution is 9.10. The van der Waals surface area contributed by atoms with Gasteiger partial charge < -0.3 is 18.8 Å². The Morgan fingerprint density at radius 2 is 2.08 bits per heavy atom. The van der Waals surface area contributed by atoms with Crippen molar-refractivity contribution in [3.05, 3.63) is 59.5 Å². The molecule has 0 aliphatic carbocycles. The van der Waals surface area contributed by atoms with Gasteiger partial charge in [-0.2, -0.15) is 0 Å². The third kappa shape index (κ3) is 3.03. The van der Waals surface area contributed by atoms with Crippen molar-refractivity contribution in [2.45, 2.75) is 6.54 Å². The average molecular weight is 415 g/mol. The van der Waals surface area contributed by atoms with Crippen LogP contribution in [0.1, 0.15) is 10.5 Å². The summed E-state index contributed by atoms with van der Waals surface area (Å²) < 4.78 is 8.23. The summed E-state index contributed by atoms with van der Waals surface area (Å²) in [7, 11) is 0. The number of carbonyl (C=O) groups excluding carboxylic acids is 1. The first-order valence-electron chi connectivity index (χ1n) is 8.52. The second kappa shape index (κ2) is 6.99. The van der Waals surface area contributed by atoms with E-state index in [2.05, 4.69) is 32.4 Å². The summed E-state index contributed by atoms with van der Waals surface area (Å²) in [5, 5.41) is 0. The molecule has 4 heterocycles. The number of halogens is 1. The maximum Gasteiger partial charge on any atom is 0.270 e. The van der Waals surface area contributed by atoms with E-state index < -0.39 is 0 Å². The molecule has 3 aromatic rings. The Bertz CT molecular complexity index is 939. The van der Waals surface area contributed by atoms with Crippen LogP contribution in [0.4, 0.5) is 5.82 Å². The van der Waals surface area contributed by atoms with Crippen molar-refractivity contribution < 1.29 is 9.21 Å². The molecule has 0 saturated carbocycles. The van der Waals surface area contributed by atoms with Crippen molar-refractivity contribution in [1.82, 2.24) is 14.5 Å². The Morgan fingerprint density at radius 1 is 1.27 bits per heavy atom. The van der Waals surface area contributed by atoms with Crippen LogP contribution in [-0.4, -0.2) is 46.5 Å². The van der Waals surface area contributed by atoms with Crippen LogP contribution in [0.15, 0.2) is 58.3 Å². The summed E-state index contributed by atoms with van der Waals surface area (Å²) in [5.74, 6) is 0.979. The average Bonchev–Trinajstić information content (AvgIpc) is 3.19. The van der Waals surface area contributed by atoms with Gasteiger partial charge in [-0.15, -0.1) is 6.58 Å². The molecular formula is C19H19BrN4O2. The van der Waals surface area contributed by atoms with Crippen LogP contribution in [-0.2, 0) is 6.54 Å². The van der Waals surface area contributed by atoms with E-state index in [-0.39, 0.29) is 5.91 Å². The predicted octanol–water partition coefficient (Wildman–Crippen LogP) is 3.54. The summed E-state index contributed by atoms with van der Waals surface area (Å²) >= 11 is 3.34. The molecule has 0 atom stereocenters. The topological polar surface area (TPSA) is 54.5 Å². The predicted molar refractivity (Wildman–Crippen MR) is 104 cm³/mol. The van der Waals surface area contributed by atoms with Crippen molar-refractivity contribution in [2.24, 2.45) is 0 Å². The number of carbonyl (C=O) groups is 1. The fourth-order valence-corrected chi connectivity index (χ4v) is 3.75. The molecule has 4 rings (SSSR count). The van der Waals surface area contributed by atoms with Gasteiger partial charge in [0.15, 0.2) is 10.3 Å². The van der Waals surface area contributed by atoms with Crippen LogP contribution < -0.4 is 4.90 Å². The maximum atomic E-state index is 13.1. The summed E-state index contributed by atoms with van der Waals surface area (Å²) in [6, 6.07) is 9.59. The maximum absolute atomic E-state index is 13.1. The SMILES string of the molecule is C=CCn1c(C(=O)N2CCN(c3ccccn3)CC2)cc2oc(Br)cc21. The molecule has 7 heteroatoms. The number of aromatic nitrogens is 2. The molecule has 1 amide bonds. The summed E-state index contributed by atoms with van der Waals surface area (Å²) in [6.07, 6.45) is 3.58. The molecule has 0 aromatic carbocycles. The first-order chi connectivity index (χ1) is 12.7. The molecule has 6 nitrogen and oxygen atoms in total. The first kappa shape index (κ1) is 16.9. The van der Waals surface area contributed by atoms with E-state index in [0.29, 0.717) is 35.6 Å². The normalized spacial score (nSPS) is 14.8. The van der Waals surface area contributed by atoms with Crippen LogP contribution in [0.3, 0.4) is 0 Å². The Morgan fingerprint density at radius 3 is 2.77 bits per heavy atom. The molecule has 0 bridgehead atoms. The van der Waals surface area contributed by atoms with Crippen LogP contribution in [0, 0.1) is 0 Å². The van der Waals surface area contributed by atoms with Gasteiger partial charge in [-0.05, 0) is 28.1 Å². The minimum Gasteiger partial charge on any atom is -0.448 e. The van der Waals surface area contributed by atoms with E-state index in [1.54, 1.807) is 12.3 Å². The lowest BCUT2D eigenvalue weighted by Gasteiger charge is -2.35. The van der Waals surface area contributed by atoms with Crippen molar-refractivity contribution in [3.63, 3.8) is 0 Å². The zero-order chi connectivity index (χ0) is 18.1. The number of anilines is 1. The highest BCUT2D eigenvalue weighted by Gasteiger charge is 2.26. The second-order valence-corrected chi connectivity index (χ2v) is 6.98. The van der Waals surface area contributed by atoms with Crippen molar-refractivity contribution >= 4 is 38.8 Å². The van der Waals surface area contributed by atoms with Crippen molar-refractivity contribution in [1.29, 1.82) is 0 Å². The van der Waals surface area contributed by atoms with Crippen LogP contribution in [0.2, 0.25) is 0 Å². The van der Waals surface area contributed by atoms with Gasteiger partial charge in [-0.1, -0.05) is 12.1 Å². The largest absolute Gasteiger partial charge is 0.448 e. The number of fused-ring (bicyclic) bond motifs is 1. The van der Waals surface area contributed by atoms with Gasteiger partial charge in [0.1, 0.15) is 11.5 Å². The van der Waals surface area contributed by atoms with E-state index in [1.165, 1.54) is 0 Å². The number of piperazine rings is 1. The van der Waals surface area contributed by atoms with Gasteiger partial charge in [-0.3, -0.25) is 4.79 Å². The molecular weight excluding hydrogens is 396 g/mol. The second-order valence-electron chi connectivity index (χ2n) is 6.20. The zero-order valence-electron chi connectivity index (χ0n) is 14.3. The number of nitrogens with zero attached hydrogens (tertiary/aromatic N) is 4. The van der Waals surface area contributed by atoms with E-state index in [4.69, 9.17) is 4.42 Å². The summed E-state index contributed by atoms with van der Waals surface area (Å²) in [6.45, 7) is 7.24. The quantitative estimate of drug-likeness (QED) is 0.612. The number of amides is 1. The highest BCUT2D eigenvalue weighted by atomic mass is 79.9. The first-order valence-corrected chi connectivity index (χ1v) is 9.31. The highest BCUT2D eigenvalue weighted by Crippen LogP contribution is 2.28. The van der Waals surface area contributed by atoms with E-state index in [9.17, 15) is 4.79 Å². The number of allylic oxidation sites excluding steroid dienone is 1. The van der Waals surface area contributed by atoms with Gasteiger partial charge in [0, 0.05) is 51.1 Å². The standard InChI is InChI=1S/C19H19BrN4O2/c1-2-7-24-14-13-17(20)26-16(14)12-15(24)19(25)23-10-8-22(9-11-23)18-5-3-4-6-21-18/h2-6,12-13H,1,7-11H2. The molecule has 1 aliphatic heterocycles. The minimum absolute atomic E-state index is 0.0232. The third-order valence-electron chi connectivity index (χ3n) is 4.63. The third-order valence-corrected chi connectivity index (χ3v) is 5.02. The van der Waals surface area contributed by atoms with Gasteiger partial charge in [0.2, 0.25) is 0 Å². The van der Waals surface area contributed by atoms with Crippen LogP contribution in [0.25, 0.3) is 11.1 Å². The molecule has 1 aliphatic rings. The van der Waals surface area contributed by atoms with Crippen LogP contribution >= 0.6 is 15.9 Å². The van der Waals surface area contributed by atoms with Crippen LogP contribution in [0.5, 0.6) is 0 Å². The lowest BCUT2D eigenvalue weighted by Crippen LogP contribution is -2.49. The minimum atomic E-state index is 0.0232. The van der Waals surface area contributed by atoms with Gasteiger partial charge in [-0.25, -0.2) is 4.98 Å². The van der Waals surface area contributed by atoms with Gasteiger partial charge >= 0.3 is 0 Å². The van der Waals surface area contributed by atoms with E-state index in [1.807, 2.05) is 39.8 Å². The smallest absolute Gasteiger partial charge is 0.270 e. The molecule has 0 unspecified atom stereocenters. The van der Waals surface area contributed by atoms with Crippen molar-refractivity contribution in [3.8, 4) is 0 Å². The summed E-state index contributed by atoms with van der Waals surface area (Å²) in [4.78, 5) is 21.6. The fraction of sp³-hybridized carbons (Fsp3) is 0.263. The molecule has 3 aromatic heterocycles. The number of furan rings is 1. The van der Waals surface area contributed by atoms with Crippen molar-refractivity contribution in [2.75, 3.05) is 31.1 Å². The molecule has 0 spiro atoms. The number of rotatable bonds is 4. The molecule has 0 radical (unpaired) electrons. The lowest BCUT2D eigenvalue weighted by atomic mass is 10.2. The Balaban J connectivity index is 1.53. The number of hydrogen-bond donors (Lipinski definition) is 0. The Hall–Kier alpha value is -2.54.